The highest BCUT2D eigenvalue weighted by Gasteiger charge is 2.17. The van der Waals surface area contributed by atoms with Gasteiger partial charge in [0.2, 0.25) is 0 Å². The Labute approximate surface area is 173 Å². The molecule has 0 aliphatic carbocycles. The maximum atomic E-state index is 12.9. The lowest BCUT2D eigenvalue weighted by molar-refractivity contribution is -0.134. The molecule has 0 bridgehead atoms. The number of rotatable bonds is 8. The lowest BCUT2D eigenvalue weighted by Crippen LogP contribution is -2.34. The number of carbonyl (C=O) groups is 1. The number of benzene rings is 2. The van der Waals surface area contributed by atoms with Crippen LogP contribution in [0.1, 0.15) is 47.8 Å². The van der Waals surface area contributed by atoms with E-state index in [4.69, 9.17) is 9.15 Å². The third kappa shape index (κ3) is 5.74. The Bertz CT molecular complexity index is 927. The average molecular weight is 392 g/mol. The zero-order valence-corrected chi connectivity index (χ0v) is 17.6. The standard InChI is InChI=1S/C25H29NO3/c1-18(2)22-10-8-21(9-11-22)15-26(16-24-6-5-13-28-24)25(27)17-29-23-12-7-19(3)20(4)14-23/h5-14,18H,15-17H2,1-4H3. The zero-order valence-electron chi connectivity index (χ0n) is 17.6. The summed E-state index contributed by atoms with van der Waals surface area (Å²) >= 11 is 0. The van der Waals surface area contributed by atoms with Crippen LogP contribution < -0.4 is 4.74 Å². The maximum Gasteiger partial charge on any atom is 0.261 e. The molecule has 0 saturated heterocycles. The lowest BCUT2D eigenvalue weighted by atomic mass is 10.0. The Hall–Kier alpha value is -3.01. The van der Waals surface area contributed by atoms with Gasteiger partial charge in [-0.2, -0.15) is 0 Å². The van der Waals surface area contributed by atoms with Crippen molar-refractivity contribution in [1.29, 1.82) is 0 Å². The summed E-state index contributed by atoms with van der Waals surface area (Å²) in [7, 11) is 0. The molecule has 1 aromatic heterocycles. The first-order chi connectivity index (χ1) is 13.9. The minimum Gasteiger partial charge on any atom is -0.484 e. The van der Waals surface area contributed by atoms with Crippen molar-refractivity contribution in [2.45, 2.75) is 46.7 Å². The van der Waals surface area contributed by atoms with Gasteiger partial charge in [-0.15, -0.1) is 0 Å². The van der Waals surface area contributed by atoms with E-state index in [0.29, 0.717) is 24.8 Å². The molecule has 152 valence electrons. The first-order valence-electron chi connectivity index (χ1n) is 10.0. The highest BCUT2D eigenvalue weighted by Crippen LogP contribution is 2.19. The molecule has 0 spiro atoms. The van der Waals surface area contributed by atoms with E-state index in [-0.39, 0.29) is 12.5 Å². The van der Waals surface area contributed by atoms with E-state index in [1.54, 1.807) is 11.2 Å². The molecule has 0 radical (unpaired) electrons. The molecule has 1 heterocycles. The minimum absolute atomic E-state index is 0.00666. The Balaban J connectivity index is 1.69. The second-order valence-electron chi connectivity index (χ2n) is 7.76. The number of amides is 1. The molecular weight excluding hydrogens is 362 g/mol. The van der Waals surface area contributed by atoms with Gasteiger partial charge in [-0.25, -0.2) is 0 Å². The molecule has 3 aromatic rings. The molecule has 0 unspecified atom stereocenters. The van der Waals surface area contributed by atoms with Gasteiger partial charge in [0.05, 0.1) is 12.8 Å². The first kappa shape index (κ1) is 20.7. The molecule has 4 nitrogen and oxygen atoms in total. The number of nitrogens with zero attached hydrogens (tertiary/aromatic N) is 1. The van der Waals surface area contributed by atoms with Crippen LogP contribution in [-0.4, -0.2) is 17.4 Å². The molecule has 0 saturated carbocycles. The molecule has 1 amide bonds. The maximum absolute atomic E-state index is 12.9. The summed E-state index contributed by atoms with van der Waals surface area (Å²) in [6.45, 7) is 9.35. The molecule has 2 aromatic carbocycles. The van der Waals surface area contributed by atoms with Gasteiger partial charge in [0, 0.05) is 6.54 Å². The van der Waals surface area contributed by atoms with Crippen LogP contribution in [0.25, 0.3) is 0 Å². The van der Waals surface area contributed by atoms with E-state index >= 15 is 0 Å². The largest absolute Gasteiger partial charge is 0.484 e. The zero-order chi connectivity index (χ0) is 20.8. The van der Waals surface area contributed by atoms with Gasteiger partial charge in [0.1, 0.15) is 11.5 Å². The lowest BCUT2D eigenvalue weighted by Gasteiger charge is -2.22. The van der Waals surface area contributed by atoms with E-state index in [1.807, 2.05) is 37.3 Å². The van der Waals surface area contributed by atoms with Gasteiger partial charge in [-0.3, -0.25) is 4.79 Å². The fraction of sp³-hybridized carbons (Fsp3) is 0.320. The van der Waals surface area contributed by atoms with Gasteiger partial charge >= 0.3 is 0 Å². The molecule has 29 heavy (non-hydrogen) atoms. The highest BCUT2D eigenvalue weighted by molar-refractivity contribution is 5.77. The number of hydrogen-bond acceptors (Lipinski definition) is 3. The van der Waals surface area contributed by atoms with Crippen LogP contribution >= 0.6 is 0 Å². The van der Waals surface area contributed by atoms with Crippen LogP contribution in [0.15, 0.2) is 65.3 Å². The molecule has 4 heteroatoms. The van der Waals surface area contributed by atoms with Crippen molar-refractivity contribution in [3.05, 3.63) is 88.9 Å². The van der Waals surface area contributed by atoms with Gasteiger partial charge in [-0.05, 0) is 66.3 Å². The van der Waals surface area contributed by atoms with Crippen molar-refractivity contribution >= 4 is 5.91 Å². The number of aryl methyl sites for hydroxylation is 2. The molecule has 0 aliphatic rings. The Morgan fingerprint density at radius 2 is 1.76 bits per heavy atom. The van der Waals surface area contributed by atoms with Crippen LogP contribution in [0, 0.1) is 13.8 Å². The quantitative estimate of drug-likeness (QED) is 0.500. The summed E-state index contributed by atoms with van der Waals surface area (Å²) in [6.07, 6.45) is 1.63. The van der Waals surface area contributed by atoms with Crippen molar-refractivity contribution < 1.29 is 13.9 Å². The second kappa shape index (κ2) is 9.46. The van der Waals surface area contributed by atoms with Crippen LogP contribution in [-0.2, 0) is 17.9 Å². The van der Waals surface area contributed by atoms with Gasteiger partial charge in [-0.1, -0.05) is 44.2 Å². The summed E-state index contributed by atoms with van der Waals surface area (Å²) in [5, 5.41) is 0. The smallest absolute Gasteiger partial charge is 0.261 e. The first-order valence-corrected chi connectivity index (χ1v) is 10.0. The topological polar surface area (TPSA) is 42.7 Å². The molecule has 0 fully saturated rings. The number of hydrogen-bond donors (Lipinski definition) is 0. The third-order valence-electron chi connectivity index (χ3n) is 5.14. The third-order valence-corrected chi connectivity index (χ3v) is 5.14. The Morgan fingerprint density at radius 3 is 2.38 bits per heavy atom. The summed E-state index contributed by atoms with van der Waals surface area (Å²) in [6, 6.07) is 18.0. The van der Waals surface area contributed by atoms with Crippen LogP contribution in [0.2, 0.25) is 0 Å². The van der Waals surface area contributed by atoms with E-state index in [9.17, 15) is 4.79 Å². The Kier molecular flexibility index (Phi) is 6.76. The van der Waals surface area contributed by atoms with Crippen molar-refractivity contribution in [2.24, 2.45) is 0 Å². The van der Waals surface area contributed by atoms with Crippen molar-refractivity contribution in [2.75, 3.05) is 6.61 Å². The SMILES string of the molecule is Cc1ccc(OCC(=O)N(Cc2ccc(C(C)C)cc2)Cc2ccco2)cc1C. The summed E-state index contributed by atoms with van der Waals surface area (Å²) in [5.41, 5.74) is 4.72. The fourth-order valence-corrected chi connectivity index (χ4v) is 3.09. The van der Waals surface area contributed by atoms with Crippen LogP contribution in [0.4, 0.5) is 0 Å². The fourth-order valence-electron chi connectivity index (χ4n) is 3.09. The monoisotopic (exact) mass is 391 g/mol. The van der Waals surface area contributed by atoms with E-state index in [2.05, 4.69) is 45.0 Å². The molecule has 3 rings (SSSR count). The number of furan rings is 1. The molecule has 0 aliphatic heterocycles. The average Bonchev–Trinajstić information content (AvgIpc) is 3.21. The predicted octanol–water partition coefficient (Wildman–Crippen LogP) is 5.63. The molecular formula is C25H29NO3. The highest BCUT2D eigenvalue weighted by atomic mass is 16.5. The van der Waals surface area contributed by atoms with Crippen LogP contribution in [0.3, 0.4) is 0 Å². The van der Waals surface area contributed by atoms with Gasteiger partial charge < -0.3 is 14.1 Å². The van der Waals surface area contributed by atoms with E-state index in [1.165, 1.54) is 11.1 Å². The number of carbonyl (C=O) groups excluding carboxylic acids is 1. The molecule has 0 atom stereocenters. The summed E-state index contributed by atoms with van der Waals surface area (Å²) in [4.78, 5) is 14.7. The molecule has 0 N–H and O–H groups in total. The van der Waals surface area contributed by atoms with Crippen molar-refractivity contribution in [1.82, 2.24) is 4.90 Å². The Morgan fingerprint density at radius 1 is 1.00 bits per heavy atom. The van der Waals surface area contributed by atoms with Crippen molar-refractivity contribution in [3.63, 3.8) is 0 Å². The summed E-state index contributed by atoms with van der Waals surface area (Å²) < 4.78 is 11.2. The normalized spacial score (nSPS) is 10.9. The summed E-state index contributed by atoms with van der Waals surface area (Å²) in [5.74, 6) is 1.87. The van der Waals surface area contributed by atoms with Gasteiger partial charge in [0.15, 0.2) is 6.61 Å². The minimum atomic E-state index is -0.0763. The van der Waals surface area contributed by atoms with Crippen molar-refractivity contribution in [3.8, 4) is 5.75 Å². The van der Waals surface area contributed by atoms with Crippen LogP contribution in [0.5, 0.6) is 5.75 Å². The second-order valence-corrected chi connectivity index (χ2v) is 7.76. The van der Waals surface area contributed by atoms with E-state index in [0.717, 1.165) is 16.9 Å². The van der Waals surface area contributed by atoms with Gasteiger partial charge in [0.25, 0.3) is 5.91 Å². The predicted molar refractivity (Wildman–Crippen MR) is 115 cm³/mol. The van der Waals surface area contributed by atoms with E-state index < -0.39 is 0 Å². The number of ether oxygens (including phenoxy) is 1.